The van der Waals surface area contributed by atoms with Gasteiger partial charge in [-0.15, -0.1) is 0 Å². The van der Waals surface area contributed by atoms with Crippen molar-refractivity contribution >= 4 is 5.91 Å². The van der Waals surface area contributed by atoms with Crippen molar-refractivity contribution in [1.82, 2.24) is 9.88 Å². The highest BCUT2D eigenvalue weighted by Crippen LogP contribution is 2.12. The van der Waals surface area contributed by atoms with Crippen LogP contribution < -0.4 is 5.73 Å². The van der Waals surface area contributed by atoms with E-state index in [9.17, 15) is 4.79 Å². The summed E-state index contributed by atoms with van der Waals surface area (Å²) in [5.74, 6) is 0.0416. The van der Waals surface area contributed by atoms with Gasteiger partial charge in [0.15, 0.2) is 0 Å². The van der Waals surface area contributed by atoms with Crippen LogP contribution >= 0.6 is 0 Å². The number of aromatic nitrogens is 1. The van der Waals surface area contributed by atoms with E-state index >= 15 is 0 Å². The Hall–Kier alpha value is -2.20. The zero-order chi connectivity index (χ0) is 15.8. The molecule has 1 aromatic carbocycles. The summed E-state index contributed by atoms with van der Waals surface area (Å²) in [5, 5.41) is 0. The van der Waals surface area contributed by atoms with Crippen molar-refractivity contribution in [2.24, 2.45) is 5.73 Å². The van der Waals surface area contributed by atoms with Crippen molar-refractivity contribution < 1.29 is 4.79 Å². The molecule has 4 nitrogen and oxygen atoms in total. The van der Waals surface area contributed by atoms with Crippen molar-refractivity contribution in [2.45, 2.75) is 26.3 Å². The van der Waals surface area contributed by atoms with E-state index in [2.05, 4.69) is 11.9 Å². The summed E-state index contributed by atoms with van der Waals surface area (Å²) < 4.78 is 0. The Balaban J connectivity index is 2.14. The predicted molar refractivity (Wildman–Crippen MR) is 88.5 cm³/mol. The van der Waals surface area contributed by atoms with Gasteiger partial charge in [0.25, 0.3) is 5.91 Å². The minimum atomic E-state index is 0.0416. The van der Waals surface area contributed by atoms with Gasteiger partial charge in [0.05, 0.1) is 0 Å². The van der Waals surface area contributed by atoms with E-state index in [1.54, 1.807) is 12.4 Å². The topological polar surface area (TPSA) is 59.2 Å². The lowest BCUT2D eigenvalue weighted by atomic mass is 10.1. The largest absolute Gasteiger partial charge is 0.334 e. The minimum Gasteiger partial charge on any atom is -0.334 e. The zero-order valence-corrected chi connectivity index (χ0v) is 13.0. The fourth-order valence-corrected chi connectivity index (χ4v) is 2.31. The van der Waals surface area contributed by atoms with Crippen molar-refractivity contribution in [3.63, 3.8) is 0 Å². The van der Waals surface area contributed by atoms with Crippen LogP contribution in [0.15, 0.2) is 48.8 Å². The van der Waals surface area contributed by atoms with Crippen LogP contribution in [-0.2, 0) is 13.0 Å². The van der Waals surface area contributed by atoms with Gasteiger partial charge in [-0.1, -0.05) is 25.1 Å². The van der Waals surface area contributed by atoms with Crippen LogP contribution in [0.3, 0.4) is 0 Å². The Labute approximate surface area is 132 Å². The Bertz CT molecular complexity index is 581. The fraction of sp³-hybridized carbons (Fsp3) is 0.333. The molecule has 2 rings (SSSR count). The second-order valence-corrected chi connectivity index (χ2v) is 5.28. The predicted octanol–water partition coefficient (Wildman–Crippen LogP) is 2.64. The number of hydrogen-bond acceptors (Lipinski definition) is 3. The number of hydrogen-bond donors (Lipinski definition) is 1. The lowest BCUT2D eigenvalue weighted by Crippen LogP contribution is -2.32. The Morgan fingerprint density at radius 1 is 1.18 bits per heavy atom. The zero-order valence-electron chi connectivity index (χ0n) is 13.0. The summed E-state index contributed by atoms with van der Waals surface area (Å²) in [6.07, 6.45) is 5.29. The highest BCUT2D eigenvalue weighted by molar-refractivity contribution is 5.94. The van der Waals surface area contributed by atoms with Gasteiger partial charge in [0.2, 0.25) is 0 Å². The molecule has 0 radical (unpaired) electrons. The maximum Gasteiger partial charge on any atom is 0.254 e. The molecule has 22 heavy (non-hydrogen) atoms. The summed E-state index contributed by atoms with van der Waals surface area (Å²) in [6, 6.07) is 11.7. The van der Waals surface area contributed by atoms with E-state index in [1.165, 1.54) is 5.56 Å². The van der Waals surface area contributed by atoms with E-state index in [0.717, 1.165) is 24.0 Å². The molecule has 0 fully saturated rings. The molecule has 0 aliphatic heterocycles. The number of pyridine rings is 1. The van der Waals surface area contributed by atoms with Gasteiger partial charge in [-0.3, -0.25) is 9.78 Å². The normalized spacial score (nSPS) is 10.5. The van der Waals surface area contributed by atoms with E-state index in [1.807, 2.05) is 41.3 Å². The highest BCUT2D eigenvalue weighted by atomic mass is 16.2. The van der Waals surface area contributed by atoms with Crippen LogP contribution in [0.25, 0.3) is 0 Å². The molecule has 4 heteroatoms. The van der Waals surface area contributed by atoms with Crippen LogP contribution in [-0.4, -0.2) is 28.9 Å². The Kier molecular flexibility index (Phi) is 6.10. The molecule has 0 bridgehead atoms. The molecule has 116 valence electrons. The highest BCUT2D eigenvalue weighted by Gasteiger charge is 2.15. The first-order valence-electron chi connectivity index (χ1n) is 7.71. The molecule has 0 saturated heterocycles. The molecular weight excluding hydrogens is 274 g/mol. The number of nitrogens with two attached hydrogens (primary N) is 1. The number of nitrogens with zero attached hydrogens (tertiary/aromatic N) is 2. The van der Waals surface area contributed by atoms with Crippen molar-refractivity contribution in [2.75, 3.05) is 13.1 Å². The number of aryl methyl sites for hydroxylation is 1. The molecule has 1 aromatic heterocycles. The third kappa shape index (κ3) is 4.40. The van der Waals surface area contributed by atoms with Crippen molar-refractivity contribution in [1.29, 1.82) is 0 Å². The monoisotopic (exact) mass is 297 g/mol. The first-order valence-corrected chi connectivity index (χ1v) is 7.71. The van der Waals surface area contributed by atoms with E-state index in [-0.39, 0.29) is 5.91 Å². The summed E-state index contributed by atoms with van der Waals surface area (Å²) in [6.45, 7) is 3.89. The number of carbonyl (C=O) groups is 1. The number of benzene rings is 1. The second-order valence-electron chi connectivity index (χ2n) is 5.28. The molecule has 0 aliphatic carbocycles. The Morgan fingerprint density at radius 2 is 1.95 bits per heavy atom. The fourth-order valence-electron chi connectivity index (χ4n) is 2.31. The van der Waals surface area contributed by atoms with Gasteiger partial charge in [0.1, 0.15) is 0 Å². The molecule has 0 unspecified atom stereocenters. The summed E-state index contributed by atoms with van der Waals surface area (Å²) >= 11 is 0. The summed E-state index contributed by atoms with van der Waals surface area (Å²) in [5.41, 5.74) is 8.58. The van der Waals surface area contributed by atoms with Gasteiger partial charge < -0.3 is 10.6 Å². The SMILES string of the molecule is CCc1ccc(C(=O)N(CCCN)Cc2cccnc2)cc1. The van der Waals surface area contributed by atoms with E-state index < -0.39 is 0 Å². The molecular formula is C18H23N3O. The van der Waals surface area contributed by atoms with E-state index in [0.29, 0.717) is 19.6 Å². The number of carbonyl (C=O) groups excluding carboxylic acids is 1. The second kappa shape index (κ2) is 8.29. The quantitative estimate of drug-likeness (QED) is 0.854. The third-order valence-electron chi connectivity index (χ3n) is 3.62. The van der Waals surface area contributed by atoms with Crippen LogP contribution in [0, 0.1) is 0 Å². The van der Waals surface area contributed by atoms with Gasteiger partial charge in [-0.25, -0.2) is 0 Å². The van der Waals surface area contributed by atoms with Crippen LogP contribution in [0.5, 0.6) is 0 Å². The lowest BCUT2D eigenvalue weighted by molar-refractivity contribution is 0.0742. The van der Waals surface area contributed by atoms with Gasteiger partial charge in [-0.05, 0) is 48.7 Å². The molecule has 0 spiro atoms. The molecule has 0 aliphatic rings. The van der Waals surface area contributed by atoms with Gasteiger partial charge in [-0.2, -0.15) is 0 Å². The average Bonchev–Trinajstić information content (AvgIpc) is 2.59. The van der Waals surface area contributed by atoms with Gasteiger partial charge >= 0.3 is 0 Å². The molecule has 0 saturated carbocycles. The molecule has 2 aromatic rings. The van der Waals surface area contributed by atoms with E-state index in [4.69, 9.17) is 5.73 Å². The lowest BCUT2D eigenvalue weighted by Gasteiger charge is -2.22. The maximum atomic E-state index is 12.7. The number of rotatable bonds is 7. The first-order chi connectivity index (χ1) is 10.7. The molecule has 1 heterocycles. The van der Waals surface area contributed by atoms with Crippen LogP contribution in [0.1, 0.15) is 34.8 Å². The third-order valence-corrected chi connectivity index (χ3v) is 3.62. The molecule has 0 atom stereocenters. The van der Waals surface area contributed by atoms with Crippen LogP contribution in [0.4, 0.5) is 0 Å². The van der Waals surface area contributed by atoms with Crippen molar-refractivity contribution in [3.05, 3.63) is 65.5 Å². The summed E-state index contributed by atoms with van der Waals surface area (Å²) in [4.78, 5) is 18.7. The number of amides is 1. The average molecular weight is 297 g/mol. The van der Waals surface area contributed by atoms with Gasteiger partial charge in [0, 0.05) is 31.0 Å². The van der Waals surface area contributed by atoms with Crippen molar-refractivity contribution in [3.8, 4) is 0 Å². The minimum absolute atomic E-state index is 0.0416. The molecule has 2 N–H and O–H groups in total. The smallest absolute Gasteiger partial charge is 0.254 e. The maximum absolute atomic E-state index is 12.7. The summed E-state index contributed by atoms with van der Waals surface area (Å²) in [7, 11) is 0. The first kappa shape index (κ1) is 16.2. The standard InChI is InChI=1S/C18H23N3O/c1-2-15-6-8-17(9-7-15)18(22)21(12-4-10-19)14-16-5-3-11-20-13-16/h3,5-9,11,13H,2,4,10,12,14,19H2,1H3. The molecule has 1 amide bonds. The Morgan fingerprint density at radius 3 is 2.55 bits per heavy atom. The van der Waals surface area contributed by atoms with Crippen LogP contribution in [0.2, 0.25) is 0 Å².